The Hall–Kier alpha value is -3.20. The predicted octanol–water partition coefficient (Wildman–Crippen LogP) is 6.68. The summed E-state index contributed by atoms with van der Waals surface area (Å²) < 4.78 is 0. The Bertz CT molecular complexity index is 850. The van der Waals surface area contributed by atoms with Crippen LogP contribution in [0.4, 0.5) is 0 Å². The molecular weight excluding hydrogens is 415 g/mol. The lowest BCUT2D eigenvalue weighted by Crippen LogP contribution is -1.99. The van der Waals surface area contributed by atoms with E-state index in [-0.39, 0.29) is 36.4 Å². The minimum absolute atomic E-state index is 0. The first-order valence-electron chi connectivity index (χ1n) is 9.05. The lowest BCUT2D eigenvalue weighted by atomic mass is 10.0. The first-order valence-corrected chi connectivity index (χ1v) is 9.05. The Balaban J connectivity index is 0.000000281. The molecule has 0 spiro atoms. The van der Waals surface area contributed by atoms with Gasteiger partial charge in [0.1, 0.15) is 0 Å². The third-order valence-corrected chi connectivity index (χ3v) is 4.14. The van der Waals surface area contributed by atoms with Crippen LogP contribution in [0.1, 0.15) is 31.8 Å². The molecular formula is C26H22Cl2O2. The second kappa shape index (κ2) is 13.1. The first-order chi connectivity index (χ1) is 13.8. The van der Waals surface area contributed by atoms with Gasteiger partial charge in [-0.1, -0.05) is 121 Å². The van der Waals surface area contributed by atoms with E-state index in [4.69, 9.17) is 0 Å². The monoisotopic (exact) mass is 436 g/mol. The summed E-state index contributed by atoms with van der Waals surface area (Å²) in [6.07, 6.45) is 0. The van der Waals surface area contributed by atoms with Crippen molar-refractivity contribution in [1.29, 1.82) is 0 Å². The van der Waals surface area contributed by atoms with Gasteiger partial charge in [-0.3, -0.25) is 9.59 Å². The molecule has 0 amide bonds. The highest BCUT2D eigenvalue weighted by atomic mass is 35.5. The molecule has 0 unspecified atom stereocenters. The molecule has 0 fully saturated rings. The average Bonchev–Trinajstić information content (AvgIpc) is 2.81. The lowest BCUT2D eigenvalue weighted by molar-refractivity contribution is 0.103. The van der Waals surface area contributed by atoms with E-state index >= 15 is 0 Å². The molecule has 0 radical (unpaired) electrons. The quantitative estimate of drug-likeness (QED) is 0.334. The van der Waals surface area contributed by atoms with E-state index < -0.39 is 0 Å². The fourth-order valence-corrected chi connectivity index (χ4v) is 2.69. The number of rotatable bonds is 4. The van der Waals surface area contributed by atoms with Crippen LogP contribution < -0.4 is 0 Å². The zero-order valence-corrected chi connectivity index (χ0v) is 17.8. The maximum Gasteiger partial charge on any atom is 0.193 e. The molecule has 0 aliphatic carbocycles. The highest BCUT2D eigenvalue weighted by Gasteiger charge is 2.07. The van der Waals surface area contributed by atoms with E-state index in [2.05, 4.69) is 0 Å². The summed E-state index contributed by atoms with van der Waals surface area (Å²) in [6.45, 7) is 0. The van der Waals surface area contributed by atoms with Crippen LogP contribution >= 0.6 is 24.8 Å². The van der Waals surface area contributed by atoms with E-state index in [1.165, 1.54) is 0 Å². The van der Waals surface area contributed by atoms with Gasteiger partial charge in [-0.25, -0.2) is 0 Å². The third kappa shape index (κ3) is 7.00. The Morgan fingerprint density at radius 2 is 0.500 bits per heavy atom. The fourth-order valence-electron chi connectivity index (χ4n) is 2.69. The molecule has 30 heavy (non-hydrogen) atoms. The van der Waals surface area contributed by atoms with Gasteiger partial charge in [0.25, 0.3) is 0 Å². The van der Waals surface area contributed by atoms with Gasteiger partial charge in [-0.2, -0.15) is 0 Å². The van der Waals surface area contributed by atoms with Crippen molar-refractivity contribution >= 4 is 36.4 Å². The standard InChI is InChI=1S/2C13H10O.2ClH/c2*14-13(11-7-3-1-4-8-11)12-9-5-2-6-10-12;;/h2*1-10H;2*1H. The molecule has 0 saturated heterocycles. The number of ketones is 2. The molecule has 4 rings (SSSR count). The van der Waals surface area contributed by atoms with Crippen LogP contribution in [-0.4, -0.2) is 11.6 Å². The zero-order valence-electron chi connectivity index (χ0n) is 16.2. The van der Waals surface area contributed by atoms with Crippen LogP contribution in [-0.2, 0) is 0 Å². The number of benzene rings is 4. The smallest absolute Gasteiger partial charge is 0.193 e. The molecule has 0 aromatic heterocycles. The highest BCUT2D eigenvalue weighted by Crippen LogP contribution is 2.09. The summed E-state index contributed by atoms with van der Waals surface area (Å²) in [4.78, 5) is 23.7. The molecule has 0 atom stereocenters. The van der Waals surface area contributed by atoms with Gasteiger partial charge in [-0.05, 0) is 0 Å². The molecule has 0 heterocycles. The molecule has 4 heteroatoms. The normalized spacial score (nSPS) is 9.07. The van der Waals surface area contributed by atoms with Gasteiger partial charge in [0.05, 0.1) is 0 Å². The maximum absolute atomic E-state index is 11.8. The second-order valence-electron chi connectivity index (χ2n) is 6.12. The minimum atomic E-state index is 0. The predicted molar refractivity (Wildman–Crippen MR) is 127 cm³/mol. The molecule has 2 nitrogen and oxygen atoms in total. The van der Waals surface area contributed by atoms with Crippen LogP contribution in [0.5, 0.6) is 0 Å². The number of hydrogen-bond donors (Lipinski definition) is 0. The Labute approximate surface area is 189 Å². The van der Waals surface area contributed by atoms with Crippen molar-refractivity contribution in [2.45, 2.75) is 0 Å². The van der Waals surface area contributed by atoms with E-state index in [0.717, 1.165) is 22.3 Å². The molecule has 4 aromatic rings. The minimum Gasteiger partial charge on any atom is -0.289 e. The van der Waals surface area contributed by atoms with Crippen molar-refractivity contribution in [3.05, 3.63) is 144 Å². The Morgan fingerprint density at radius 1 is 0.333 bits per heavy atom. The van der Waals surface area contributed by atoms with Crippen molar-refractivity contribution < 1.29 is 9.59 Å². The van der Waals surface area contributed by atoms with Gasteiger partial charge < -0.3 is 0 Å². The summed E-state index contributed by atoms with van der Waals surface area (Å²) in [6, 6.07) is 37.2. The molecule has 0 N–H and O–H groups in total. The molecule has 0 aliphatic rings. The molecule has 0 saturated carbocycles. The molecule has 0 aliphatic heterocycles. The molecule has 4 aromatic carbocycles. The number of carbonyl (C=O) groups excluding carboxylic acids is 2. The van der Waals surface area contributed by atoms with Crippen molar-refractivity contribution in [1.82, 2.24) is 0 Å². The van der Waals surface area contributed by atoms with Gasteiger partial charge in [-0.15, -0.1) is 24.8 Å². The summed E-state index contributed by atoms with van der Waals surface area (Å²) in [5.41, 5.74) is 2.94. The van der Waals surface area contributed by atoms with E-state index in [0.29, 0.717) is 0 Å². The van der Waals surface area contributed by atoms with Gasteiger partial charge in [0, 0.05) is 22.3 Å². The zero-order chi connectivity index (χ0) is 19.6. The van der Waals surface area contributed by atoms with Crippen LogP contribution in [0, 0.1) is 0 Å². The van der Waals surface area contributed by atoms with Crippen molar-refractivity contribution in [2.24, 2.45) is 0 Å². The third-order valence-electron chi connectivity index (χ3n) is 4.14. The van der Waals surface area contributed by atoms with E-state index in [1.807, 2.05) is 121 Å². The van der Waals surface area contributed by atoms with Crippen molar-refractivity contribution in [3.63, 3.8) is 0 Å². The summed E-state index contributed by atoms with van der Waals surface area (Å²) >= 11 is 0. The van der Waals surface area contributed by atoms with Crippen LogP contribution in [0.15, 0.2) is 121 Å². The van der Waals surface area contributed by atoms with Gasteiger partial charge >= 0.3 is 0 Å². The Kier molecular flexibility index (Phi) is 10.8. The van der Waals surface area contributed by atoms with Gasteiger partial charge in [0.2, 0.25) is 0 Å². The highest BCUT2D eigenvalue weighted by molar-refractivity contribution is 6.09. The summed E-state index contributed by atoms with van der Waals surface area (Å²) in [5.74, 6) is 0.150. The van der Waals surface area contributed by atoms with E-state index in [1.54, 1.807) is 0 Å². The number of carbonyl (C=O) groups is 2. The lowest BCUT2D eigenvalue weighted by Gasteiger charge is -1.99. The average molecular weight is 437 g/mol. The molecule has 152 valence electrons. The maximum atomic E-state index is 11.8. The fraction of sp³-hybridized carbons (Fsp3) is 0. The van der Waals surface area contributed by atoms with Crippen LogP contribution in [0.25, 0.3) is 0 Å². The van der Waals surface area contributed by atoms with Crippen LogP contribution in [0.3, 0.4) is 0 Å². The summed E-state index contributed by atoms with van der Waals surface area (Å²) in [7, 11) is 0. The number of halogens is 2. The number of hydrogen-bond acceptors (Lipinski definition) is 2. The van der Waals surface area contributed by atoms with E-state index in [9.17, 15) is 9.59 Å². The topological polar surface area (TPSA) is 34.1 Å². The first kappa shape index (κ1) is 24.8. The Morgan fingerprint density at radius 3 is 0.667 bits per heavy atom. The second-order valence-corrected chi connectivity index (χ2v) is 6.12. The summed E-state index contributed by atoms with van der Waals surface area (Å²) in [5, 5.41) is 0. The van der Waals surface area contributed by atoms with Crippen molar-refractivity contribution in [3.8, 4) is 0 Å². The molecule has 0 bridgehead atoms. The SMILES string of the molecule is Cl.Cl.O=C(c1ccccc1)c1ccccc1.O=C(c1ccccc1)c1ccccc1. The van der Waals surface area contributed by atoms with Crippen LogP contribution in [0.2, 0.25) is 0 Å². The van der Waals surface area contributed by atoms with Crippen molar-refractivity contribution in [2.75, 3.05) is 0 Å². The van der Waals surface area contributed by atoms with Gasteiger partial charge in [0.15, 0.2) is 11.6 Å². The largest absolute Gasteiger partial charge is 0.289 e.